The summed E-state index contributed by atoms with van der Waals surface area (Å²) in [4.78, 5) is 20.8. The quantitative estimate of drug-likeness (QED) is 0.631. The largest absolute Gasteiger partial charge is 0.480 e. The molecular formula is C18H14N4O2S2. The van der Waals surface area contributed by atoms with Gasteiger partial charge < -0.3 is 10.4 Å². The molecule has 1 aliphatic rings. The average molecular weight is 382 g/mol. The molecule has 0 atom stereocenters. The van der Waals surface area contributed by atoms with Crippen LogP contribution >= 0.6 is 23.1 Å². The first-order valence-corrected chi connectivity index (χ1v) is 9.74. The molecule has 4 rings (SSSR count). The van der Waals surface area contributed by atoms with Crippen LogP contribution in [0.3, 0.4) is 0 Å². The first-order valence-electron chi connectivity index (χ1n) is 8.04. The number of thiophene rings is 1. The van der Waals surface area contributed by atoms with Crippen molar-refractivity contribution in [2.75, 3.05) is 5.32 Å². The third-order valence-corrected chi connectivity index (χ3v) is 6.65. The minimum absolute atomic E-state index is 0.467. The Bertz CT molecular complexity index is 1020. The highest BCUT2D eigenvalue weighted by Gasteiger charge is 2.46. The molecule has 1 fully saturated rings. The van der Waals surface area contributed by atoms with Crippen LogP contribution in [-0.2, 0) is 4.79 Å². The van der Waals surface area contributed by atoms with Crippen LogP contribution in [-0.4, -0.2) is 25.8 Å². The zero-order chi connectivity index (χ0) is 18.1. The van der Waals surface area contributed by atoms with Crippen LogP contribution in [0.2, 0.25) is 0 Å². The van der Waals surface area contributed by atoms with Gasteiger partial charge in [0.25, 0.3) is 0 Å². The smallest absolute Gasteiger partial charge is 0.320 e. The Labute approximate surface area is 157 Å². The first-order chi connectivity index (χ1) is 12.6. The molecule has 1 aromatic carbocycles. The van der Waals surface area contributed by atoms with Crippen molar-refractivity contribution in [3.05, 3.63) is 41.3 Å². The van der Waals surface area contributed by atoms with Gasteiger partial charge in [0.05, 0.1) is 21.8 Å². The zero-order valence-electron chi connectivity index (χ0n) is 13.6. The maximum absolute atomic E-state index is 11.6. The van der Waals surface area contributed by atoms with E-state index in [1.165, 1.54) is 23.1 Å². The van der Waals surface area contributed by atoms with Gasteiger partial charge in [0, 0.05) is 5.69 Å². The maximum atomic E-state index is 11.6. The lowest BCUT2D eigenvalue weighted by Gasteiger charge is -2.35. The Balaban J connectivity index is 1.68. The predicted molar refractivity (Wildman–Crippen MR) is 102 cm³/mol. The summed E-state index contributed by atoms with van der Waals surface area (Å²) in [6, 6.07) is 11.1. The van der Waals surface area contributed by atoms with Crippen molar-refractivity contribution in [1.29, 1.82) is 5.26 Å². The van der Waals surface area contributed by atoms with Gasteiger partial charge in [0.2, 0.25) is 0 Å². The SMILES string of the molecule is N#Cc1ccc(Nc2nc(SC3(C(=O)O)CCC3)nc3ccsc23)cc1. The second kappa shape index (κ2) is 6.59. The number of anilines is 2. The maximum Gasteiger partial charge on any atom is 0.320 e. The number of benzene rings is 1. The molecule has 26 heavy (non-hydrogen) atoms. The highest BCUT2D eigenvalue weighted by molar-refractivity contribution is 8.01. The zero-order valence-corrected chi connectivity index (χ0v) is 15.2. The van der Waals surface area contributed by atoms with E-state index in [2.05, 4.69) is 21.4 Å². The van der Waals surface area contributed by atoms with E-state index in [1.54, 1.807) is 12.1 Å². The van der Waals surface area contributed by atoms with Gasteiger partial charge in [0.15, 0.2) is 11.0 Å². The number of aromatic nitrogens is 2. The summed E-state index contributed by atoms with van der Waals surface area (Å²) in [5.74, 6) is -0.151. The lowest BCUT2D eigenvalue weighted by atomic mass is 9.84. The number of nitrogens with one attached hydrogen (secondary N) is 1. The first kappa shape index (κ1) is 16.8. The minimum atomic E-state index is -0.810. The molecule has 2 aromatic heterocycles. The number of hydrogen-bond acceptors (Lipinski definition) is 7. The molecule has 0 radical (unpaired) electrons. The van der Waals surface area contributed by atoms with Crippen LogP contribution in [0.25, 0.3) is 10.2 Å². The molecule has 1 aliphatic carbocycles. The molecule has 8 heteroatoms. The number of thioether (sulfide) groups is 1. The number of carboxylic acid groups (broad SMARTS) is 1. The third-order valence-electron chi connectivity index (χ3n) is 4.40. The molecule has 6 nitrogen and oxygen atoms in total. The van der Waals surface area contributed by atoms with Crippen molar-refractivity contribution in [1.82, 2.24) is 9.97 Å². The highest BCUT2D eigenvalue weighted by atomic mass is 32.2. The fourth-order valence-electron chi connectivity index (χ4n) is 2.77. The number of carbonyl (C=O) groups is 1. The summed E-state index contributed by atoms with van der Waals surface area (Å²) >= 11 is 2.76. The van der Waals surface area contributed by atoms with Gasteiger partial charge in [-0.2, -0.15) is 5.26 Å². The second-order valence-electron chi connectivity index (χ2n) is 6.06. The summed E-state index contributed by atoms with van der Waals surface area (Å²) in [6.07, 6.45) is 2.18. The summed E-state index contributed by atoms with van der Waals surface area (Å²) in [7, 11) is 0. The predicted octanol–water partition coefficient (Wildman–Crippen LogP) is 4.41. The van der Waals surface area contributed by atoms with E-state index >= 15 is 0 Å². The van der Waals surface area contributed by atoms with Crippen LogP contribution in [0.1, 0.15) is 24.8 Å². The monoisotopic (exact) mass is 382 g/mol. The Morgan fingerprint density at radius 1 is 1.27 bits per heavy atom. The van der Waals surface area contributed by atoms with Gasteiger partial charge >= 0.3 is 5.97 Å². The van der Waals surface area contributed by atoms with Gasteiger partial charge in [-0.05, 0) is 55.0 Å². The number of carboxylic acids is 1. The molecule has 3 aromatic rings. The van der Waals surface area contributed by atoms with Crippen LogP contribution in [0, 0.1) is 11.3 Å². The average Bonchev–Trinajstić information content (AvgIpc) is 3.07. The summed E-state index contributed by atoms with van der Waals surface area (Å²) < 4.78 is 0.103. The number of fused-ring (bicyclic) bond motifs is 1. The lowest BCUT2D eigenvalue weighted by Crippen LogP contribution is -2.42. The minimum Gasteiger partial charge on any atom is -0.480 e. The van der Waals surface area contributed by atoms with Crippen molar-refractivity contribution < 1.29 is 9.90 Å². The fraction of sp³-hybridized carbons (Fsp3) is 0.222. The van der Waals surface area contributed by atoms with E-state index in [0.717, 1.165) is 22.3 Å². The van der Waals surface area contributed by atoms with E-state index in [1.807, 2.05) is 23.6 Å². The number of aliphatic carboxylic acids is 1. The second-order valence-corrected chi connectivity index (χ2v) is 8.33. The highest BCUT2D eigenvalue weighted by Crippen LogP contribution is 2.47. The summed E-state index contributed by atoms with van der Waals surface area (Å²) in [5, 5.41) is 24.1. The Morgan fingerprint density at radius 2 is 2.04 bits per heavy atom. The summed E-state index contributed by atoms with van der Waals surface area (Å²) in [5.41, 5.74) is 2.19. The molecule has 0 saturated heterocycles. The standard InChI is InChI=1S/C18H14N4O2S2/c19-10-11-2-4-12(5-3-11)20-15-14-13(6-9-25-14)21-17(22-15)26-18(16(23)24)7-1-8-18/h2-6,9H,1,7-8H2,(H,23,24)(H,20,21,22). The molecule has 130 valence electrons. The molecule has 2 N–H and O–H groups in total. The van der Waals surface area contributed by atoms with Gasteiger partial charge in [0.1, 0.15) is 4.75 Å². The molecule has 0 unspecified atom stereocenters. The number of nitrogens with zero attached hydrogens (tertiary/aromatic N) is 3. The van der Waals surface area contributed by atoms with Crippen molar-refractivity contribution in [3.8, 4) is 6.07 Å². The molecular weight excluding hydrogens is 368 g/mol. The normalized spacial score (nSPS) is 15.2. The Hall–Kier alpha value is -2.63. The van der Waals surface area contributed by atoms with Crippen molar-refractivity contribution in [3.63, 3.8) is 0 Å². The summed E-state index contributed by atoms with van der Waals surface area (Å²) in [6.45, 7) is 0. The van der Waals surface area contributed by atoms with Gasteiger partial charge in [-0.3, -0.25) is 4.79 Å². The van der Waals surface area contributed by atoms with E-state index in [4.69, 9.17) is 5.26 Å². The fourth-order valence-corrected chi connectivity index (χ4v) is 4.76. The Kier molecular flexibility index (Phi) is 4.26. The van der Waals surface area contributed by atoms with Gasteiger partial charge in [-0.15, -0.1) is 11.3 Å². The van der Waals surface area contributed by atoms with Crippen LogP contribution < -0.4 is 5.32 Å². The van der Waals surface area contributed by atoms with Gasteiger partial charge in [-0.25, -0.2) is 9.97 Å². The van der Waals surface area contributed by atoms with E-state index in [-0.39, 0.29) is 0 Å². The molecule has 0 bridgehead atoms. The molecule has 2 heterocycles. The van der Waals surface area contributed by atoms with E-state index in [0.29, 0.717) is 29.4 Å². The van der Waals surface area contributed by atoms with Crippen LogP contribution in [0.15, 0.2) is 40.9 Å². The molecule has 0 spiro atoms. The van der Waals surface area contributed by atoms with Crippen LogP contribution in [0.5, 0.6) is 0 Å². The number of hydrogen-bond donors (Lipinski definition) is 2. The molecule has 1 saturated carbocycles. The van der Waals surface area contributed by atoms with Gasteiger partial charge in [-0.1, -0.05) is 11.8 Å². The van der Waals surface area contributed by atoms with E-state index < -0.39 is 10.7 Å². The topological polar surface area (TPSA) is 98.9 Å². The molecule has 0 amide bonds. The van der Waals surface area contributed by atoms with Crippen molar-refractivity contribution in [2.45, 2.75) is 29.2 Å². The number of rotatable bonds is 5. The third kappa shape index (κ3) is 3.00. The van der Waals surface area contributed by atoms with Crippen molar-refractivity contribution in [2.24, 2.45) is 0 Å². The Morgan fingerprint density at radius 3 is 2.65 bits per heavy atom. The van der Waals surface area contributed by atoms with Crippen LogP contribution in [0.4, 0.5) is 11.5 Å². The van der Waals surface area contributed by atoms with Crippen molar-refractivity contribution >= 4 is 50.8 Å². The van der Waals surface area contributed by atoms with E-state index in [9.17, 15) is 9.90 Å². The lowest BCUT2D eigenvalue weighted by molar-refractivity contribution is -0.142. The molecule has 0 aliphatic heterocycles. The number of nitriles is 1.